The summed E-state index contributed by atoms with van der Waals surface area (Å²) in [6.07, 6.45) is 6.26. The van der Waals surface area contributed by atoms with Crippen LogP contribution in [0, 0.1) is 11.8 Å². The highest BCUT2D eigenvalue weighted by atomic mass is 16.5. The fraction of sp³-hybridized carbons (Fsp3) is 0.321. The summed E-state index contributed by atoms with van der Waals surface area (Å²) in [5.41, 5.74) is 16.3. The van der Waals surface area contributed by atoms with Crippen molar-refractivity contribution in [2.45, 2.75) is 38.1 Å². The third-order valence-electron chi connectivity index (χ3n) is 7.12. The van der Waals surface area contributed by atoms with Crippen LogP contribution in [0.5, 0.6) is 0 Å². The van der Waals surface area contributed by atoms with Crippen molar-refractivity contribution in [1.29, 1.82) is 0 Å². The summed E-state index contributed by atoms with van der Waals surface area (Å²) in [6.45, 7) is 0.703. The predicted octanol–water partition coefficient (Wildman–Crippen LogP) is 4.64. The molecule has 0 aliphatic heterocycles. The number of amides is 1. The van der Waals surface area contributed by atoms with Crippen molar-refractivity contribution >= 4 is 22.7 Å². The molecule has 5 rings (SSSR count). The lowest BCUT2D eigenvalue weighted by atomic mass is 9.81. The number of aromatic nitrogens is 2. The van der Waals surface area contributed by atoms with Crippen molar-refractivity contribution in [3.63, 3.8) is 0 Å². The number of hydrogen-bond donors (Lipinski definition) is 3. The van der Waals surface area contributed by atoms with Crippen molar-refractivity contribution in [2.75, 3.05) is 12.3 Å². The van der Waals surface area contributed by atoms with Crippen molar-refractivity contribution in [3.05, 3.63) is 78.1 Å². The molecule has 1 atom stereocenters. The maximum Gasteiger partial charge on any atom is 0.223 e. The summed E-state index contributed by atoms with van der Waals surface area (Å²) >= 11 is 0. The molecule has 1 amide bonds. The highest BCUT2D eigenvalue weighted by molar-refractivity contribution is 5.90. The molecule has 1 saturated carbocycles. The van der Waals surface area contributed by atoms with Gasteiger partial charge < -0.3 is 21.3 Å². The molecule has 0 bridgehead atoms. The number of carbonyl (C=O) groups is 1. The van der Waals surface area contributed by atoms with Crippen LogP contribution in [0.2, 0.25) is 0 Å². The van der Waals surface area contributed by atoms with Crippen molar-refractivity contribution in [3.8, 4) is 11.1 Å². The summed E-state index contributed by atoms with van der Waals surface area (Å²) in [4.78, 5) is 17.9. The van der Waals surface area contributed by atoms with Crippen LogP contribution in [0.3, 0.4) is 0 Å². The molecule has 1 unspecified atom stereocenters. The molecule has 180 valence electrons. The molecular weight excluding hydrogens is 438 g/mol. The molecule has 5 N–H and O–H groups in total. The minimum absolute atomic E-state index is 0.0265. The highest BCUT2D eigenvalue weighted by Gasteiger charge is 2.28. The van der Waals surface area contributed by atoms with E-state index in [2.05, 4.69) is 27.6 Å². The molecule has 7 heteroatoms. The smallest absolute Gasteiger partial charge is 0.223 e. The number of nitrogens with zero attached hydrogens (tertiary/aromatic N) is 2. The second-order valence-electron chi connectivity index (χ2n) is 9.45. The third kappa shape index (κ3) is 5.20. The zero-order valence-electron chi connectivity index (χ0n) is 19.7. The number of nitrogen functional groups attached to an aromatic ring is 1. The van der Waals surface area contributed by atoms with E-state index in [9.17, 15) is 4.79 Å². The van der Waals surface area contributed by atoms with Gasteiger partial charge in [0.15, 0.2) is 11.4 Å². The Morgan fingerprint density at radius 2 is 1.80 bits per heavy atom. The van der Waals surface area contributed by atoms with Gasteiger partial charge in [0.05, 0.1) is 17.1 Å². The van der Waals surface area contributed by atoms with Crippen LogP contribution in [0.15, 0.2) is 71.4 Å². The molecule has 2 heterocycles. The van der Waals surface area contributed by atoms with Gasteiger partial charge in [-0.3, -0.25) is 9.78 Å². The molecule has 35 heavy (non-hydrogen) atoms. The Morgan fingerprint density at radius 1 is 1.03 bits per heavy atom. The average molecular weight is 470 g/mol. The van der Waals surface area contributed by atoms with Gasteiger partial charge in [0.2, 0.25) is 5.91 Å². The van der Waals surface area contributed by atoms with E-state index in [1.54, 1.807) is 6.20 Å². The first-order valence-electron chi connectivity index (χ1n) is 12.3. The fourth-order valence-corrected chi connectivity index (χ4v) is 4.98. The zero-order chi connectivity index (χ0) is 24.2. The largest absolute Gasteiger partial charge is 0.380 e. The second-order valence-corrected chi connectivity index (χ2v) is 9.45. The van der Waals surface area contributed by atoms with E-state index in [0.717, 1.165) is 53.5 Å². The summed E-state index contributed by atoms with van der Waals surface area (Å²) in [7, 11) is 0. The van der Waals surface area contributed by atoms with Gasteiger partial charge in [0.1, 0.15) is 0 Å². The number of hydrogen-bond acceptors (Lipinski definition) is 6. The van der Waals surface area contributed by atoms with E-state index < -0.39 is 0 Å². The maximum absolute atomic E-state index is 13.3. The Labute approximate surface area is 204 Å². The van der Waals surface area contributed by atoms with E-state index in [-0.39, 0.29) is 17.9 Å². The van der Waals surface area contributed by atoms with E-state index in [1.807, 2.05) is 48.5 Å². The molecular formula is C28H31N5O2. The number of carbonyl (C=O) groups excluding carboxylic acids is 1. The number of rotatable bonds is 7. The fourth-order valence-electron chi connectivity index (χ4n) is 4.98. The topological polar surface area (TPSA) is 120 Å². The Hall–Kier alpha value is -3.71. The Morgan fingerprint density at radius 3 is 2.57 bits per heavy atom. The van der Waals surface area contributed by atoms with Crippen molar-refractivity contribution in [1.82, 2.24) is 15.5 Å². The molecule has 0 spiro atoms. The van der Waals surface area contributed by atoms with E-state index >= 15 is 0 Å². The summed E-state index contributed by atoms with van der Waals surface area (Å²) in [5.74, 6) is 1.05. The molecule has 2 aromatic carbocycles. The predicted molar refractivity (Wildman–Crippen MR) is 137 cm³/mol. The first-order valence-corrected chi connectivity index (χ1v) is 12.3. The summed E-state index contributed by atoms with van der Waals surface area (Å²) in [5, 5.41) is 7.96. The maximum atomic E-state index is 13.3. The molecule has 7 nitrogen and oxygen atoms in total. The quantitative estimate of drug-likeness (QED) is 0.363. The average Bonchev–Trinajstić information content (AvgIpc) is 3.29. The minimum Gasteiger partial charge on any atom is -0.380 e. The lowest BCUT2D eigenvalue weighted by molar-refractivity contribution is -0.127. The van der Waals surface area contributed by atoms with Crippen LogP contribution >= 0.6 is 0 Å². The standard InChI is InChI=1S/C28H31N5O2/c29-17-19-6-8-20(9-7-19)28(34)32-25(14-18-4-2-1-3-5-18)24-15-22(12-13-31-24)21-10-11-23-26(16-21)35-33-27(23)30/h1-5,10-13,15-16,19-20,25H,6-9,14,17,29H2,(H2,30,33)(H,32,34)/t19-,20-,25?. The molecule has 4 aromatic rings. The molecule has 0 saturated heterocycles. The molecule has 1 aliphatic rings. The number of anilines is 1. The van der Waals surface area contributed by atoms with Gasteiger partial charge in [-0.15, -0.1) is 0 Å². The summed E-state index contributed by atoms with van der Waals surface area (Å²) in [6, 6.07) is 19.8. The lowest BCUT2D eigenvalue weighted by Gasteiger charge is -2.28. The van der Waals surface area contributed by atoms with Crippen molar-refractivity contribution < 1.29 is 9.32 Å². The molecule has 2 aromatic heterocycles. The molecule has 0 radical (unpaired) electrons. The van der Waals surface area contributed by atoms with E-state index in [4.69, 9.17) is 16.0 Å². The SMILES string of the molecule is NC[C@H]1CC[C@H](C(=O)NC(Cc2ccccc2)c2cc(-c3ccc4c(N)noc4c3)ccn2)CC1. The van der Waals surface area contributed by atoms with Crippen LogP contribution in [0.4, 0.5) is 5.82 Å². The highest BCUT2D eigenvalue weighted by Crippen LogP contribution is 2.31. The van der Waals surface area contributed by atoms with E-state index in [1.165, 1.54) is 0 Å². The Kier molecular flexibility index (Phi) is 6.77. The van der Waals surface area contributed by atoms with Gasteiger partial charge in [-0.05, 0) is 85.5 Å². The van der Waals surface area contributed by atoms with Gasteiger partial charge in [-0.1, -0.05) is 41.6 Å². The number of fused-ring (bicyclic) bond motifs is 1. The minimum atomic E-state index is -0.235. The number of nitrogens with two attached hydrogens (primary N) is 2. The van der Waals surface area contributed by atoms with Crippen LogP contribution in [-0.2, 0) is 11.2 Å². The lowest BCUT2D eigenvalue weighted by Crippen LogP contribution is -2.37. The van der Waals surface area contributed by atoms with Gasteiger partial charge in [0, 0.05) is 12.1 Å². The number of nitrogens with one attached hydrogen (secondary N) is 1. The first kappa shape index (κ1) is 23.1. The second kappa shape index (κ2) is 10.3. The first-order chi connectivity index (χ1) is 17.1. The van der Waals surface area contributed by atoms with Gasteiger partial charge >= 0.3 is 0 Å². The van der Waals surface area contributed by atoms with E-state index in [0.29, 0.717) is 30.3 Å². The number of benzene rings is 2. The van der Waals surface area contributed by atoms with Gasteiger partial charge in [-0.25, -0.2) is 0 Å². The zero-order valence-corrected chi connectivity index (χ0v) is 19.7. The third-order valence-corrected chi connectivity index (χ3v) is 7.12. The normalized spacial score (nSPS) is 18.9. The van der Waals surface area contributed by atoms with Crippen LogP contribution in [0.25, 0.3) is 22.1 Å². The summed E-state index contributed by atoms with van der Waals surface area (Å²) < 4.78 is 5.35. The molecule has 1 aliphatic carbocycles. The molecule has 1 fully saturated rings. The monoisotopic (exact) mass is 469 g/mol. The van der Waals surface area contributed by atoms with Crippen molar-refractivity contribution in [2.24, 2.45) is 17.6 Å². The van der Waals surface area contributed by atoms with Crippen LogP contribution in [0.1, 0.15) is 43.0 Å². The number of pyridine rings is 1. The Bertz CT molecular complexity index is 1300. The van der Waals surface area contributed by atoms with Gasteiger partial charge in [0.25, 0.3) is 0 Å². The van der Waals surface area contributed by atoms with Crippen LogP contribution < -0.4 is 16.8 Å². The Balaban J connectivity index is 1.41. The van der Waals surface area contributed by atoms with Crippen LogP contribution in [-0.4, -0.2) is 22.6 Å². The van der Waals surface area contributed by atoms with Gasteiger partial charge in [-0.2, -0.15) is 0 Å².